The highest BCUT2D eigenvalue weighted by Crippen LogP contribution is 2.33. The van der Waals surface area contributed by atoms with Gasteiger partial charge in [-0.25, -0.2) is 4.98 Å². The summed E-state index contributed by atoms with van der Waals surface area (Å²) in [4.78, 5) is 9.74. The van der Waals surface area contributed by atoms with Gasteiger partial charge < -0.3 is 9.80 Å². The molecule has 0 N–H and O–H groups in total. The van der Waals surface area contributed by atoms with E-state index in [4.69, 9.17) is 4.98 Å². The Morgan fingerprint density at radius 2 is 2.24 bits per heavy atom. The number of anilines is 1. The van der Waals surface area contributed by atoms with Gasteiger partial charge in [0.2, 0.25) is 0 Å². The first-order valence-electron chi connectivity index (χ1n) is 6.69. The van der Waals surface area contributed by atoms with Crippen LogP contribution in [0.5, 0.6) is 0 Å². The van der Waals surface area contributed by atoms with E-state index in [0.717, 1.165) is 12.3 Å². The summed E-state index contributed by atoms with van der Waals surface area (Å²) >= 11 is 0. The van der Waals surface area contributed by atoms with Crippen LogP contribution in [0.3, 0.4) is 0 Å². The predicted molar refractivity (Wildman–Crippen MR) is 70.4 cm³/mol. The molecule has 3 heteroatoms. The minimum absolute atomic E-state index is 0.694. The summed E-state index contributed by atoms with van der Waals surface area (Å²) in [6.45, 7) is 5.81. The Morgan fingerprint density at radius 1 is 1.35 bits per heavy atom. The number of nitrogens with zero attached hydrogens (tertiary/aromatic N) is 3. The van der Waals surface area contributed by atoms with Gasteiger partial charge >= 0.3 is 0 Å². The van der Waals surface area contributed by atoms with E-state index < -0.39 is 0 Å². The van der Waals surface area contributed by atoms with Crippen molar-refractivity contribution >= 4 is 5.82 Å². The van der Waals surface area contributed by atoms with Crippen molar-refractivity contribution in [1.82, 2.24) is 9.88 Å². The highest BCUT2D eigenvalue weighted by molar-refractivity contribution is 5.43. The maximum atomic E-state index is 4.77. The number of fused-ring (bicyclic) bond motifs is 1. The normalized spacial score (nSPS) is 28.7. The van der Waals surface area contributed by atoms with Gasteiger partial charge in [-0.05, 0) is 37.9 Å². The lowest BCUT2D eigenvalue weighted by Crippen LogP contribution is -2.35. The molecular weight excluding hydrogens is 210 g/mol. The van der Waals surface area contributed by atoms with Gasteiger partial charge in [0, 0.05) is 31.4 Å². The molecule has 2 aliphatic rings. The zero-order valence-electron chi connectivity index (χ0n) is 10.8. The van der Waals surface area contributed by atoms with Crippen molar-refractivity contribution in [2.45, 2.75) is 25.8 Å². The molecule has 92 valence electrons. The lowest BCUT2D eigenvalue weighted by molar-refractivity contribution is 0.386. The smallest absolute Gasteiger partial charge is 0.129 e. The lowest BCUT2D eigenvalue weighted by Gasteiger charge is -2.25. The van der Waals surface area contributed by atoms with Crippen LogP contribution < -0.4 is 4.90 Å². The molecule has 3 rings (SSSR count). The molecule has 2 aliphatic heterocycles. The maximum absolute atomic E-state index is 4.77. The minimum atomic E-state index is 0.694. The Kier molecular flexibility index (Phi) is 2.79. The van der Waals surface area contributed by atoms with E-state index in [1.54, 1.807) is 0 Å². The van der Waals surface area contributed by atoms with Crippen molar-refractivity contribution in [2.24, 2.45) is 5.92 Å². The van der Waals surface area contributed by atoms with Gasteiger partial charge in [-0.15, -0.1) is 0 Å². The summed E-state index contributed by atoms with van der Waals surface area (Å²) in [5, 5.41) is 0. The molecule has 0 bridgehead atoms. The van der Waals surface area contributed by atoms with E-state index in [1.807, 2.05) is 0 Å². The van der Waals surface area contributed by atoms with Crippen molar-refractivity contribution in [3.05, 3.63) is 23.9 Å². The fourth-order valence-electron chi connectivity index (χ4n) is 3.28. The van der Waals surface area contributed by atoms with Gasteiger partial charge in [0.25, 0.3) is 0 Å². The summed E-state index contributed by atoms with van der Waals surface area (Å²) in [5.41, 5.74) is 1.21. The zero-order valence-corrected chi connectivity index (χ0v) is 10.8. The minimum Gasteiger partial charge on any atom is -0.352 e. The van der Waals surface area contributed by atoms with Crippen molar-refractivity contribution in [1.29, 1.82) is 0 Å². The predicted octanol–water partition coefficient (Wildman–Crippen LogP) is 1.78. The molecule has 0 unspecified atom stereocenters. The van der Waals surface area contributed by atoms with Crippen LogP contribution >= 0.6 is 0 Å². The fraction of sp³-hybridized carbons (Fsp3) is 0.643. The van der Waals surface area contributed by atoms with Crippen molar-refractivity contribution < 1.29 is 0 Å². The quantitative estimate of drug-likeness (QED) is 0.773. The van der Waals surface area contributed by atoms with Gasteiger partial charge in [0.15, 0.2) is 0 Å². The summed E-state index contributed by atoms with van der Waals surface area (Å²) < 4.78 is 0. The highest BCUT2D eigenvalue weighted by atomic mass is 15.3. The van der Waals surface area contributed by atoms with Crippen LogP contribution in [0.2, 0.25) is 0 Å². The third-order valence-electron chi connectivity index (χ3n) is 4.18. The average molecular weight is 231 g/mol. The van der Waals surface area contributed by atoms with E-state index in [-0.39, 0.29) is 0 Å². The molecule has 3 nitrogen and oxygen atoms in total. The van der Waals surface area contributed by atoms with Crippen LogP contribution in [0.1, 0.15) is 19.0 Å². The Hall–Kier alpha value is -1.09. The van der Waals surface area contributed by atoms with Crippen molar-refractivity contribution in [3.8, 4) is 0 Å². The van der Waals surface area contributed by atoms with Gasteiger partial charge in [0.05, 0.1) is 0 Å². The van der Waals surface area contributed by atoms with Crippen molar-refractivity contribution in [3.63, 3.8) is 0 Å². The Labute approximate surface area is 103 Å². The third kappa shape index (κ3) is 1.93. The van der Waals surface area contributed by atoms with Gasteiger partial charge in [-0.3, -0.25) is 0 Å². The standard InChI is InChI=1S/C14H21N3/c1-3-12-5-4-6-14(15-12)17-8-7-11-9-16(2)10-13(11)17/h4-6,11,13H,3,7-10H2,1-2H3/t11-,13+/m0/s1. The van der Waals surface area contributed by atoms with E-state index in [0.29, 0.717) is 6.04 Å². The first-order chi connectivity index (χ1) is 8.28. The first-order valence-corrected chi connectivity index (χ1v) is 6.69. The Morgan fingerprint density at radius 3 is 3.06 bits per heavy atom. The average Bonchev–Trinajstić information content (AvgIpc) is 2.87. The van der Waals surface area contributed by atoms with Gasteiger partial charge in [-0.1, -0.05) is 13.0 Å². The van der Waals surface area contributed by atoms with Crippen LogP contribution in [-0.2, 0) is 6.42 Å². The summed E-state index contributed by atoms with van der Waals surface area (Å²) in [6.07, 6.45) is 2.35. The Bertz CT molecular complexity index is 404. The molecule has 2 fully saturated rings. The van der Waals surface area contributed by atoms with Gasteiger partial charge in [0.1, 0.15) is 5.82 Å². The molecule has 1 aromatic heterocycles. The van der Waals surface area contributed by atoms with Crippen molar-refractivity contribution in [2.75, 3.05) is 31.6 Å². The number of likely N-dealkylation sites (N-methyl/N-ethyl adjacent to an activating group) is 1. The van der Waals surface area contributed by atoms with E-state index in [1.165, 1.54) is 37.6 Å². The summed E-state index contributed by atoms with van der Waals surface area (Å²) in [7, 11) is 2.23. The molecule has 2 atom stereocenters. The number of pyridine rings is 1. The summed E-state index contributed by atoms with van der Waals surface area (Å²) in [5.74, 6) is 2.04. The molecule has 0 aromatic carbocycles. The first kappa shape index (κ1) is 11.0. The number of aromatic nitrogens is 1. The number of hydrogen-bond acceptors (Lipinski definition) is 3. The van der Waals surface area contributed by atoms with Gasteiger partial charge in [-0.2, -0.15) is 0 Å². The van der Waals surface area contributed by atoms with E-state index >= 15 is 0 Å². The molecule has 0 amide bonds. The summed E-state index contributed by atoms with van der Waals surface area (Å²) in [6, 6.07) is 7.13. The molecule has 2 saturated heterocycles. The monoisotopic (exact) mass is 231 g/mol. The van der Waals surface area contributed by atoms with Crippen LogP contribution in [-0.4, -0.2) is 42.6 Å². The van der Waals surface area contributed by atoms with Crippen LogP contribution in [0.4, 0.5) is 5.82 Å². The second-order valence-corrected chi connectivity index (χ2v) is 5.37. The third-order valence-corrected chi connectivity index (χ3v) is 4.18. The van der Waals surface area contributed by atoms with Crippen LogP contribution in [0.15, 0.2) is 18.2 Å². The van der Waals surface area contributed by atoms with E-state index in [9.17, 15) is 0 Å². The SMILES string of the molecule is CCc1cccc(N2CC[C@H]3CN(C)C[C@H]32)n1. The number of rotatable bonds is 2. The molecule has 17 heavy (non-hydrogen) atoms. The number of hydrogen-bond donors (Lipinski definition) is 0. The molecule has 1 aromatic rings. The lowest BCUT2D eigenvalue weighted by atomic mass is 10.1. The second-order valence-electron chi connectivity index (χ2n) is 5.37. The molecule has 3 heterocycles. The van der Waals surface area contributed by atoms with E-state index in [2.05, 4.69) is 42.0 Å². The highest BCUT2D eigenvalue weighted by Gasteiger charge is 2.40. The largest absolute Gasteiger partial charge is 0.352 e. The molecule has 0 aliphatic carbocycles. The number of aryl methyl sites for hydroxylation is 1. The molecule has 0 spiro atoms. The maximum Gasteiger partial charge on any atom is 0.129 e. The second kappa shape index (κ2) is 4.30. The van der Waals surface area contributed by atoms with Crippen LogP contribution in [0, 0.1) is 5.92 Å². The zero-order chi connectivity index (χ0) is 11.8. The molecule has 0 saturated carbocycles. The molecule has 0 radical (unpaired) electrons. The molecular formula is C14H21N3. The topological polar surface area (TPSA) is 19.4 Å². The fourth-order valence-corrected chi connectivity index (χ4v) is 3.28. The number of likely N-dealkylation sites (tertiary alicyclic amines) is 1. The Balaban J connectivity index is 1.84. The van der Waals surface area contributed by atoms with Crippen LogP contribution in [0.25, 0.3) is 0 Å².